The van der Waals surface area contributed by atoms with Crippen LogP contribution in [-0.2, 0) is 10.0 Å². The topological polar surface area (TPSA) is 70.9 Å². The van der Waals surface area contributed by atoms with Crippen LogP contribution in [0.3, 0.4) is 0 Å². The molecule has 0 atom stereocenters. The quantitative estimate of drug-likeness (QED) is 0.496. The second-order valence-corrected chi connectivity index (χ2v) is 7.29. The Hall–Kier alpha value is -1.56. The number of rotatable bonds is 6. The summed E-state index contributed by atoms with van der Waals surface area (Å²) in [4.78, 5) is 6.43. The van der Waals surface area contributed by atoms with Gasteiger partial charge in [0, 0.05) is 12.1 Å². The lowest BCUT2D eigenvalue weighted by molar-refractivity contribution is 0.546. The Morgan fingerprint density at radius 3 is 2.43 bits per heavy atom. The van der Waals surface area contributed by atoms with Gasteiger partial charge in [-0.1, -0.05) is 17.7 Å². The Balaban J connectivity index is 2.83. The van der Waals surface area contributed by atoms with Crippen LogP contribution in [0.5, 0.6) is 0 Å². The Morgan fingerprint density at radius 1 is 1.33 bits per heavy atom. The number of thiocarbonyl (C=S) groups is 1. The number of nitrogens with zero attached hydrogens (tertiary/aromatic N) is 2. The summed E-state index contributed by atoms with van der Waals surface area (Å²) in [6.07, 6.45) is 0.479. The number of hydrazone groups is 1. The van der Waals surface area contributed by atoms with E-state index in [1.807, 2.05) is 20.8 Å². The fourth-order valence-electron chi connectivity index (χ4n) is 1.74. The lowest BCUT2D eigenvalue weighted by Gasteiger charge is -2.17. The van der Waals surface area contributed by atoms with Crippen molar-refractivity contribution in [2.75, 3.05) is 0 Å². The molecule has 0 heterocycles. The molecule has 0 saturated heterocycles. The molecule has 1 aromatic carbocycles. The van der Waals surface area contributed by atoms with Gasteiger partial charge in [-0.15, -0.1) is 0 Å². The zero-order chi connectivity index (χ0) is 16.1. The fourth-order valence-corrected chi connectivity index (χ4v) is 2.86. The van der Waals surface area contributed by atoms with E-state index in [0.717, 1.165) is 5.56 Å². The van der Waals surface area contributed by atoms with E-state index >= 15 is 0 Å². The number of hydrogen-bond donors (Lipinski definition) is 1. The molecule has 0 spiro atoms. The third-order valence-corrected chi connectivity index (χ3v) is 4.04. The van der Waals surface area contributed by atoms with Crippen molar-refractivity contribution in [3.8, 4) is 0 Å². The molecule has 5 nitrogen and oxygen atoms in total. The second-order valence-electron chi connectivity index (χ2n) is 5.45. The SMILES string of the molecule is CC(CC(C)(C)N=C=S)=NNS(=O)(=O)c1ccc(C)cc1. The first-order chi connectivity index (χ1) is 9.66. The van der Waals surface area contributed by atoms with Crippen molar-refractivity contribution >= 4 is 33.1 Å². The molecule has 0 unspecified atom stereocenters. The zero-order valence-electron chi connectivity index (χ0n) is 12.5. The molecule has 7 heteroatoms. The molecule has 0 fully saturated rings. The summed E-state index contributed by atoms with van der Waals surface area (Å²) in [5.41, 5.74) is 1.16. The van der Waals surface area contributed by atoms with Crippen LogP contribution in [0.15, 0.2) is 39.3 Å². The monoisotopic (exact) mass is 325 g/mol. The van der Waals surface area contributed by atoms with E-state index < -0.39 is 15.6 Å². The Morgan fingerprint density at radius 2 is 1.90 bits per heavy atom. The zero-order valence-corrected chi connectivity index (χ0v) is 14.2. The van der Waals surface area contributed by atoms with E-state index in [0.29, 0.717) is 12.1 Å². The van der Waals surface area contributed by atoms with Crippen molar-refractivity contribution in [3.05, 3.63) is 29.8 Å². The second kappa shape index (κ2) is 6.93. The highest BCUT2D eigenvalue weighted by Crippen LogP contribution is 2.15. The van der Waals surface area contributed by atoms with Gasteiger partial charge in [0.1, 0.15) is 0 Å². The lowest BCUT2D eigenvalue weighted by atomic mass is 9.99. The van der Waals surface area contributed by atoms with Crippen molar-refractivity contribution in [1.82, 2.24) is 4.83 Å². The Labute approximate surface area is 131 Å². The molecule has 0 aliphatic rings. The van der Waals surface area contributed by atoms with Crippen LogP contribution in [0.25, 0.3) is 0 Å². The summed E-state index contributed by atoms with van der Waals surface area (Å²) in [6.45, 7) is 7.38. The molecule has 114 valence electrons. The predicted molar refractivity (Wildman–Crippen MR) is 88.3 cm³/mol. The third kappa shape index (κ3) is 5.75. The molecule has 1 N–H and O–H groups in total. The molecule has 0 saturated carbocycles. The van der Waals surface area contributed by atoms with E-state index in [1.54, 1.807) is 31.2 Å². The molecular formula is C14H19N3O2S2. The van der Waals surface area contributed by atoms with Crippen LogP contribution in [0.4, 0.5) is 0 Å². The van der Waals surface area contributed by atoms with E-state index in [1.165, 1.54) is 0 Å². The highest BCUT2D eigenvalue weighted by molar-refractivity contribution is 7.89. The van der Waals surface area contributed by atoms with Crippen LogP contribution in [0.2, 0.25) is 0 Å². The standard InChI is InChI=1S/C14H19N3O2S2/c1-11-5-7-13(8-6-11)21(18,19)17-16-12(2)9-14(3,4)15-10-20/h5-8,17H,9H2,1-4H3. The fraction of sp³-hybridized carbons (Fsp3) is 0.429. The number of isothiocyanates is 1. The van der Waals surface area contributed by atoms with Gasteiger partial charge in [-0.2, -0.15) is 13.5 Å². The molecule has 0 radical (unpaired) electrons. The van der Waals surface area contributed by atoms with Gasteiger partial charge < -0.3 is 0 Å². The van der Waals surface area contributed by atoms with Crippen LogP contribution >= 0.6 is 12.2 Å². The normalized spacial score (nSPS) is 12.7. The molecule has 1 aromatic rings. The number of hydrogen-bond acceptors (Lipinski definition) is 5. The van der Waals surface area contributed by atoms with Gasteiger partial charge in [-0.25, -0.2) is 9.82 Å². The Bertz CT molecular complexity index is 671. The smallest absolute Gasteiger partial charge is 0.226 e. The largest absolute Gasteiger partial charge is 0.276 e. The van der Waals surface area contributed by atoms with Crippen molar-refractivity contribution < 1.29 is 8.42 Å². The minimum absolute atomic E-state index is 0.181. The van der Waals surface area contributed by atoms with Gasteiger partial charge >= 0.3 is 0 Å². The van der Waals surface area contributed by atoms with Crippen LogP contribution < -0.4 is 4.83 Å². The first-order valence-corrected chi connectivity index (χ1v) is 8.26. The highest BCUT2D eigenvalue weighted by Gasteiger charge is 2.18. The maximum Gasteiger partial charge on any atom is 0.276 e. The highest BCUT2D eigenvalue weighted by atomic mass is 32.2. The van der Waals surface area contributed by atoms with Crippen LogP contribution in [0.1, 0.15) is 32.8 Å². The molecule has 1 rings (SSSR count). The molecule has 0 aliphatic carbocycles. The summed E-state index contributed by atoms with van der Waals surface area (Å²) >= 11 is 4.58. The molecule has 21 heavy (non-hydrogen) atoms. The number of aryl methyl sites for hydroxylation is 1. The van der Waals surface area contributed by atoms with Crippen LogP contribution in [-0.4, -0.2) is 24.8 Å². The maximum absolute atomic E-state index is 12.1. The van der Waals surface area contributed by atoms with Gasteiger partial charge in [0.25, 0.3) is 10.0 Å². The Kier molecular flexibility index (Phi) is 5.78. The summed E-state index contributed by atoms with van der Waals surface area (Å²) in [6, 6.07) is 6.57. The third-order valence-electron chi connectivity index (χ3n) is 2.72. The summed E-state index contributed by atoms with van der Waals surface area (Å²) in [5.74, 6) is 0. The van der Waals surface area contributed by atoms with Crippen molar-refractivity contribution in [2.45, 2.75) is 44.6 Å². The van der Waals surface area contributed by atoms with Gasteiger partial charge in [0.15, 0.2) is 0 Å². The van der Waals surface area contributed by atoms with E-state index in [9.17, 15) is 8.42 Å². The molecule has 0 amide bonds. The first-order valence-electron chi connectivity index (χ1n) is 6.37. The van der Waals surface area contributed by atoms with E-state index in [-0.39, 0.29) is 4.90 Å². The number of benzene rings is 1. The van der Waals surface area contributed by atoms with Crippen molar-refractivity contribution in [2.24, 2.45) is 10.1 Å². The number of nitrogens with one attached hydrogen (secondary N) is 1. The maximum atomic E-state index is 12.1. The summed E-state index contributed by atoms with van der Waals surface area (Å²) in [5, 5.41) is 6.25. The van der Waals surface area contributed by atoms with Gasteiger partial charge in [-0.05, 0) is 52.0 Å². The average molecular weight is 325 g/mol. The van der Waals surface area contributed by atoms with Gasteiger partial charge in [0.05, 0.1) is 15.6 Å². The van der Waals surface area contributed by atoms with Gasteiger partial charge in [0.2, 0.25) is 0 Å². The molecular weight excluding hydrogens is 306 g/mol. The van der Waals surface area contributed by atoms with Crippen LogP contribution in [0, 0.1) is 6.92 Å². The number of aliphatic imine (C=N–C) groups is 1. The average Bonchev–Trinajstić information content (AvgIpc) is 2.36. The van der Waals surface area contributed by atoms with Crippen molar-refractivity contribution in [3.63, 3.8) is 0 Å². The number of sulfonamides is 1. The molecule has 0 aromatic heterocycles. The summed E-state index contributed by atoms with van der Waals surface area (Å²) < 4.78 is 24.1. The van der Waals surface area contributed by atoms with E-state index in [4.69, 9.17) is 0 Å². The van der Waals surface area contributed by atoms with Crippen molar-refractivity contribution in [1.29, 1.82) is 0 Å². The molecule has 0 bridgehead atoms. The minimum atomic E-state index is -3.64. The minimum Gasteiger partial charge on any atom is -0.226 e. The summed E-state index contributed by atoms with van der Waals surface area (Å²) in [7, 11) is -3.64. The van der Waals surface area contributed by atoms with E-state index in [2.05, 4.69) is 32.3 Å². The molecule has 0 aliphatic heterocycles. The lowest BCUT2D eigenvalue weighted by Crippen LogP contribution is -2.24. The van der Waals surface area contributed by atoms with Gasteiger partial charge in [-0.3, -0.25) is 0 Å². The predicted octanol–water partition coefficient (Wildman–Crippen LogP) is 2.92. The first kappa shape index (κ1) is 17.5.